The SMILES string of the molecule is O=S(=O)(Oc1cc(N(c2ccccc2)c2ccccc2)c2oc3ccc(N(c4ccccc4)c4cccc(-c5ccccc5)c4)cc3c2c1)C(F)(F)F. The minimum absolute atomic E-state index is 0.278. The Balaban J connectivity index is 1.37. The Bertz CT molecular complexity index is 2610. The molecular weight excluding hydrogens is 698 g/mol. The number of para-hydroxylation sites is 3. The quantitative estimate of drug-likeness (QED) is 0.109. The number of anilines is 6. The van der Waals surface area contributed by atoms with Gasteiger partial charge in [0.25, 0.3) is 0 Å². The highest BCUT2D eigenvalue weighted by Gasteiger charge is 2.48. The largest absolute Gasteiger partial charge is 0.534 e. The summed E-state index contributed by atoms with van der Waals surface area (Å²) < 4.78 is 77.1. The molecule has 0 radical (unpaired) electrons. The van der Waals surface area contributed by atoms with Crippen LogP contribution >= 0.6 is 0 Å². The first-order valence-electron chi connectivity index (χ1n) is 16.6. The fourth-order valence-electron chi connectivity index (χ4n) is 6.41. The summed E-state index contributed by atoms with van der Waals surface area (Å²) in [4.78, 5) is 3.85. The lowest BCUT2D eigenvalue weighted by atomic mass is 10.0. The van der Waals surface area contributed by atoms with Crippen LogP contribution in [0.2, 0.25) is 0 Å². The van der Waals surface area contributed by atoms with Gasteiger partial charge in [-0.25, -0.2) is 0 Å². The maximum absolute atomic E-state index is 13.7. The van der Waals surface area contributed by atoms with Crippen LogP contribution in [0.5, 0.6) is 5.75 Å². The Morgan fingerprint density at radius 1 is 0.491 bits per heavy atom. The molecule has 53 heavy (non-hydrogen) atoms. The van der Waals surface area contributed by atoms with Gasteiger partial charge in [-0.1, -0.05) is 97.1 Å². The van der Waals surface area contributed by atoms with Gasteiger partial charge >= 0.3 is 15.6 Å². The zero-order valence-corrected chi connectivity index (χ0v) is 28.6. The number of rotatable bonds is 9. The number of benzene rings is 7. The fraction of sp³-hybridized carbons (Fsp3) is 0.0233. The van der Waals surface area contributed by atoms with Gasteiger partial charge in [0.1, 0.15) is 11.3 Å². The molecule has 0 aliphatic rings. The molecule has 8 aromatic rings. The van der Waals surface area contributed by atoms with Gasteiger partial charge in [-0.3, -0.25) is 0 Å². The summed E-state index contributed by atoms with van der Waals surface area (Å²) >= 11 is 0. The van der Waals surface area contributed by atoms with Gasteiger partial charge in [0.2, 0.25) is 0 Å². The van der Waals surface area contributed by atoms with Gasteiger partial charge in [-0.05, 0) is 83.9 Å². The highest BCUT2D eigenvalue weighted by molar-refractivity contribution is 7.88. The molecule has 262 valence electrons. The van der Waals surface area contributed by atoms with E-state index < -0.39 is 21.4 Å². The minimum Gasteiger partial charge on any atom is -0.454 e. The summed E-state index contributed by atoms with van der Waals surface area (Å²) in [5, 5.41) is 0.893. The van der Waals surface area contributed by atoms with E-state index in [1.54, 1.807) is 11.0 Å². The van der Waals surface area contributed by atoms with E-state index in [1.807, 2.05) is 152 Å². The van der Waals surface area contributed by atoms with Crippen molar-refractivity contribution in [1.82, 2.24) is 0 Å². The summed E-state index contributed by atoms with van der Waals surface area (Å²) in [6.07, 6.45) is 0. The van der Waals surface area contributed by atoms with E-state index in [0.29, 0.717) is 33.3 Å². The van der Waals surface area contributed by atoms with E-state index in [2.05, 4.69) is 11.0 Å². The topological polar surface area (TPSA) is 63.0 Å². The third kappa shape index (κ3) is 6.56. The molecule has 1 aromatic heterocycles. The normalized spacial score (nSPS) is 11.8. The fourth-order valence-corrected chi connectivity index (χ4v) is 6.85. The molecule has 6 nitrogen and oxygen atoms in total. The lowest BCUT2D eigenvalue weighted by Crippen LogP contribution is -2.28. The van der Waals surface area contributed by atoms with Gasteiger partial charge in [0.05, 0.1) is 5.69 Å². The zero-order valence-electron chi connectivity index (χ0n) is 27.8. The number of furan rings is 1. The van der Waals surface area contributed by atoms with Gasteiger partial charge in [0.15, 0.2) is 5.58 Å². The van der Waals surface area contributed by atoms with Crippen LogP contribution in [0, 0.1) is 0 Å². The first-order chi connectivity index (χ1) is 25.7. The monoisotopic (exact) mass is 726 g/mol. The Morgan fingerprint density at radius 3 is 1.58 bits per heavy atom. The molecule has 0 saturated heterocycles. The van der Waals surface area contributed by atoms with E-state index >= 15 is 0 Å². The molecule has 10 heteroatoms. The Morgan fingerprint density at radius 2 is 1.00 bits per heavy atom. The van der Waals surface area contributed by atoms with Crippen LogP contribution < -0.4 is 14.0 Å². The molecule has 0 saturated carbocycles. The standard InChI is InChI=1S/C43H29F3N2O4S/c44-43(45,46)53(49,50)52-37-28-39-38-27-36(47(32-17-7-2-8-18-32)35-23-13-16-31(26-35)30-14-5-1-6-15-30)24-25-41(38)51-42(39)40(29-37)48(33-19-9-3-10-20-33)34-21-11-4-12-22-34/h1-29H. The molecule has 0 aliphatic carbocycles. The molecule has 0 N–H and O–H groups in total. The maximum Gasteiger partial charge on any atom is 0.534 e. The van der Waals surface area contributed by atoms with Crippen molar-refractivity contribution < 1.29 is 30.2 Å². The third-order valence-corrected chi connectivity index (χ3v) is 9.73. The van der Waals surface area contributed by atoms with E-state index in [-0.39, 0.29) is 5.69 Å². The van der Waals surface area contributed by atoms with Crippen LogP contribution in [-0.4, -0.2) is 13.9 Å². The number of halogens is 3. The molecule has 0 aliphatic heterocycles. The van der Waals surface area contributed by atoms with Crippen LogP contribution in [0.4, 0.5) is 47.3 Å². The highest BCUT2D eigenvalue weighted by Crippen LogP contribution is 2.46. The number of hydrogen-bond acceptors (Lipinski definition) is 6. The molecular formula is C43H29F3N2O4S. The second kappa shape index (κ2) is 13.6. The van der Waals surface area contributed by atoms with Crippen LogP contribution in [0.15, 0.2) is 180 Å². The summed E-state index contributed by atoms with van der Waals surface area (Å²) in [5.41, 5.74) is 1.23. The molecule has 8 rings (SSSR count). The number of alkyl halides is 3. The molecule has 0 amide bonds. The summed E-state index contributed by atoms with van der Waals surface area (Å²) in [6.45, 7) is 0. The number of fused-ring (bicyclic) bond motifs is 3. The molecule has 7 aromatic carbocycles. The van der Waals surface area contributed by atoms with E-state index in [0.717, 1.165) is 28.2 Å². The van der Waals surface area contributed by atoms with Crippen molar-refractivity contribution in [2.45, 2.75) is 5.51 Å². The van der Waals surface area contributed by atoms with E-state index in [4.69, 9.17) is 8.60 Å². The first kappa shape index (κ1) is 33.6. The van der Waals surface area contributed by atoms with Gasteiger partial charge in [-0.2, -0.15) is 21.6 Å². The Hall–Kier alpha value is -6.52. The van der Waals surface area contributed by atoms with Crippen molar-refractivity contribution in [2.75, 3.05) is 9.80 Å². The number of nitrogens with zero attached hydrogens (tertiary/aromatic N) is 2. The lowest BCUT2D eigenvalue weighted by molar-refractivity contribution is -0.0500. The predicted octanol–water partition coefficient (Wildman–Crippen LogP) is 12.4. The number of hydrogen-bond donors (Lipinski definition) is 0. The van der Waals surface area contributed by atoms with Crippen LogP contribution in [0.1, 0.15) is 0 Å². The van der Waals surface area contributed by atoms with E-state index in [9.17, 15) is 21.6 Å². The summed E-state index contributed by atoms with van der Waals surface area (Å²) in [7, 11) is -6.01. The van der Waals surface area contributed by atoms with Crippen molar-refractivity contribution in [1.29, 1.82) is 0 Å². The molecule has 0 spiro atoms. The summed E-state index contributed by atoms with van der Waals surface area (Å²) in [5.74, 6) is -0.523. The Kier molecular flexibility index (Phi) is 8.60. The molecule has 0 bridgehead atoms. The minimum atomic E-state index is -6.01. The van der Waals surface area contributed by atoms with Crippen LogP contribution in [-0.2, 0) is 10.1 Å². The van der Waals surface area contributed by atoms with Crippen molar-refractivity contribution in [3.8, 4) is 16.9 Å². The third-order valence-electron chi connectivity index (χ3n) is 8.75. The molecule has 1 heterocycles. The highest BCUT2D eigenvalue weighted by atomic mass is 32.2. The van der Waals surface area contributed by atoms with Gasteiger partial charge < -0.3 is 18.4 Å². The Labute approximate surface area is 303 Å². The molecule has 0 atom stereocenters. The molecule has 0 fully saturated rings. The second-order valence-corrected chi connectivity index (χ2v) is 13.7. The van der Waals surface area contributed by atoms with E-state index in [1.165, 1.54) is 12.1 Å². The molecule has 0 unspecified atom stereocenters. The van der Waals surface area contributed by atoms with Crippen molar-refractivity contribution in [2.24, 2.45) is 0 Å². The van der Waals surface area contributed by atoms with Crippen molar-refractivity contribution in [3.63, 3.8) is 0 Å². The van der Waals surface area contributed by atoms with Gasteiger partial charge in [0, 0.05) is 45.3 Å². The predicted molar refractivity (Wildman–Crippen MR) is 204 cm³/mol. The van der Waals surface area contributed by atoms with Crippen LogP contribution in [0.3, 0.4) is 0 Å². The average Bonchev–Trinajstić information content (AvgIpc) is 3.54. The van der Waals surface area contributed by atoms with Crippen molar-refractivity contribution in [3.05, 3.63) is 176 Å². The summed E-state index contributed by atoms with van der Waals surface area (Å²) in [6, 6.07) is 54.3. The van der Waals surface area contributed by atoms with Crippen LogP contribution in [0.25, 0.3) is 33.1 Å². The lowest BCUT2D eigenvalue weighted by Gasteiger charge is -2.26. The smallest absolute Gasteiger partial charge is 0.454 e. The average molecular weight is 727 g/mol. The zero-order chi connectivity index (χ0) is 36.6. The van der Waals surface area contributed by atoms with Crippen molar-refractivity contribution >= 4 is 66.2 Å². The first-order valence-corrected chi connectivity index (χ1v) is 18.0. The van der Waals surface area contributed by atoms with Gasteiger partial charge in [-0.15, -0.1) is 0 Å². The second-order valence-electron chi connectivity index (χ2n) is 12.2. The maximum atomic E-state index is 13.7.